The average Bonchev–Trinajstić information content (AvgIpc) is 2.49. The van der Waals surface area contributed by atoms with Crippen LogP contribution in [0.1, 0.15) is 27.0 Å². The van der Waals surface area contributed by atoms with Crippen molar-refractivity contribution in [2.24, 2.45) is 0 Å². The molecule has 0 atom stereocenters. The summed E-state index contributed by atoms with van der Waals surface area (Å²) in [4.78, 5) is 12.6. The Hall–Kier alpha value is -2.29. The highest BCUT2D eigenvalue weighted by Gasteiger charge is 2.21. The topological polar surface area (TPSA) is 35.5 Å². The second kappa shape index (κ2) is 5.00. The molecule has 0 aromatic heterocycles. The van der Waals surface area contributed by atoms with E-state index in [4.69, 9.17) is 9.47 Å². The van der Waals surface area contributed by atoms with Gasteiger partial charge >= 0.3 is 0 Å². The highest BCUT2D eigenvalue weighted by atomic mass is 16.6. The minimum absolute atomic E-state index is 0.0320. The highest BCUT2D eigenvalue weighted by molar-refractivity contribution is 6.11. The SMILES string of the molecule is Cc1ccc(C(=O)c2cccc3c2OCCO3)cc1C. The number of ketones is 1. The lowest BCUT2D eigenvalue weighted by atomic mass is 9.98. The van der Waals surface area contributed by atoms with Gasteiger partial charge in [-0.1, -0.05) is 18.2 Å². The fourth-order valence-electron chi connectivity index (χ4n) is 2.29. The molecule has 1 heterocycles. The summed E-state index contributed by atoms with van der Waals surface area (Å²) >= 11 is 0. The average molecular weight is 268 g/mol. The van der Waals surface area contributed by atoms with Crippen LogP contribution < -0.4 is 9.47 Å². The first-order valence-corrected chi connectivity index (χ1v) is 6.67. The van der Waals surface area contributed by atoms with Crippen molar-refractivity contribution in [2.45, 2.75) is 13.8 Å². The van der Waals surface area contributed by atoms with Crippen molar-refractivity contribution >= 4 is 5.78 Å². The Bertz CT molecular complexity index is 674. The second-order valence-corrected chi connectivity index (χ2v) is 4.96. The molecule has 0 N–H and O–H groups in total. The fraction of sp³-hybridized carbons (Fsp3) is 0.235. The summed E-state index contributed by atoms with van der Waals surface area (Å²) in [5, 5.41) is 0. The van der Waals surface area contributed by atoms with Gasteiger partial charge in [-0.3, -0.25) is 4.79 Å². The summed E-state index contributed by atoms with van der Waals surface area (Å²) in [6.45, 7) is 5.04. The molecule has 20 heavy (non-hydrogen) atoms. The largest absolute Gasteiger partial charge is 0.486 e. The maximum absolute atomic E-state index is 12.6. The van der Waals surface area contributed by atoms with Crippen molar-refractivity contribution in [2.75, 3.05) is 13.2 Å². The molecule has 0 fully saturated rings. The van der Waals surface area contributed by atoms with Crippen LogP contribution in [0.15, 0.2) is 36.4 Å². The van der Waals surface area contributed by atoms with E-state index < -0.39 is 0 Å². The fourth-order valence-corrected chi connectivity index (χ4v) is 2.29. The number of carbonyl (C=O) groups excluding carboxylic acids is 1. The van der Waals surface area contributed by atoms with Crippen molar-refractivity contribution in [3.8, 4) is 11.5 Å². The van der Waals surface area contributed by atoms with Crippen LogP contribution in [0.3, 0.4) is 0 Å². The molecule has 1 aliphatic heterocycles. The molecule has 0 amide bonds. The summed E-state index contributed by atoms with van der Waals surface area (Å²) in [5.74, 6) is 1.17. The Labute approximate surface area is 118 Å². The van der Waals surface area contributed by atoms with Crippen LogP contribution in [0.25, 0.3) is 0 Å². The van der Waals surface area contributed by atoms with Gasteiger partial charge in [0.2, 0.25) is 0 Å². The van der Waals surface area contributed by atoms with Crippen LogP contribution in [0, 0.1) is 13.8 Å². The van der Waals surface area contributed by atoms with Crippen LogP contribution >= 0.6 is 0 Å². The Morgan fingerprint density at radius 2 is 1.80 bits per heavy atom. The zero-order chi connectivity index (χ0) is 14.1. The molecule has 3 heteroatoms. The maximum Gasteiger partial charge on any atom is 0.196 e. The van der Waals surface area contributed by atoms with Crippen LogP contribution in [-0.4, -0.2) is 19.0 Å². The minimum Gasteiger partial charge on any atom is -0.486 e. The number of rotatable bonds is 2. The van der Waals surface area contributed by atoms with E-state index in [0.717, 1.165) is 5.56 Å². The van der Waals surface area contributed by atoms with Crippen LogP contribution in [0.4, 0.5) is 0 Å². The molecule has 0 unspecified atom stereocenters. The lowest BCUT2D eigenvalue weighted by Gasteiger charge is -2.20. The molecule has 102 valence electrons. The summed E-state index contributed by atoms with van der Waals surface area (Å²) in [5.41, 5.74) is 3.52. The van der Waals surface area contributed by atoms with Crippen molar-refractivity contribution < 1.29 is 14.3 Å². The molecule has 0 aliphatic carbocycles. The predicted octanol–water partition coefficient (Wildman–Crippen LogP) is 3.31. The van der Waals surface area contributed by atoms with Gasteiger partial charge in [0.05, 0.1) is 5.56 Å². The molecule has 1 aliphatic rings. The van der Waals surface area contributed by atoms with E-state index in [9.17, 15) is 4.79 Å². The van der Waals surface area contributed by atoms with Gasteiger partial charge in [-0.05, 0) is 43.2 Å². The molecule has 0 saturated carbocycles. The molecule has 3 nitrogen and oxygen atoms in total. The van der Waals surface area contributed by atoms with E-state index in [0.29, 0.717) is 35.8 Å². The molecular formula is C17H16O3. The normalized spacial score (nSPS) is 13.1. The molecule has 0 spiro atoms. The summed E-state index contributed by atoms with van der Waals surface area (Å²) in [7, 11) is 0. The summed E-state index contributed by atoms with van der Waals surface area (Å²) in [6, 6.07) is 11.2. The zero-order valence-electron chi connectivity index (χ0n) is 11.6. The van der Waals surface area contributed by atoms with Crippen molar-refractivity contribution in [1.29, 1.82) is 0 Å². The quantitative estimate of drug-likeness (QED) is 0.784. The lowest BCUT2D eigenvalue weighted by molar-refractivity contribution is 0.102. The predicted molar refractivity (Wildman–Crippen MR) is 76.8 cm³/mol. The Morgan fingerprint density at radius 3 is 2.60 bits per heavy atom. The monoisotopic (exact) mass is 268 g/mol. The number of benzene rings is 2. The first kappa shape index (κ1) is 12.7. The van der Waals surface area contributed by atoms with E-state index in [1.165, 1.54) is 5.56 Å². The molecule has 0 bridgehead atoms. The van der Waals surface area contributed by atoms with Gasteiger partial charge in [0.15, 0.2) is 17.3 Å². The van der Waals surface area contributed by atoms with Crippen molar-refractivity contribution in [1.82, 2.24) is 0 Å². The Balaban J connectivity index is 2.04. The first-order valence-electron chi connectivity index (χ1n) is 6.67. The smallest absolute Gasteiger partial charge is 0.196 e. The third-order valence-electron chi connectivity index (χ3n) is 3.58. The van der Waals surface area contributed by atoms with Gasteiger partial charge in [-0.25, -0.2) is 0 Å². The summed E-state index contributed by atoms with van der Waals surface area (Å²) in [6.07, 6.45) is 0. The Morgan fingerprint density at radius 1 is 1.00 bits per heavy atom. The number of aryl methyl sites for hydroxylation is 2. The number of carbonyl (C=O) groups is 1. The third kappa shape index (κ3) is 2.16. The van der Waals surface area contributed by atoms with Crippen molar-refractivity contribution in [3.05, 3.63) is 58.7 Å². The number of para-hydroxylation sites is 1. The number of hydrogen-bond acceptors (Lipinski definition) is 3. The van der Waals surface area contributed by atoms with E-state index in [1.54, 1.807) is 6.07 Å². The number of hydrogen-bond donors (Lipinski definition) is 0. The van der Waals surface area contributed by atoms with Crippen LogP contribution in [-0.2, 0) is 0 Å². The van der Waals surface area contributed by atoms with Gasteiger partial charge in [-0.15, -0.1) is 0 Å². The summed E-state index contributed by atoms with van der Waals surface area (Å²) < 4.78 is 11.1. The Kier molecular flexibility index (Phi) is 3.18. The standard InChI is InChI=1S/C17H16O3/c1-11-6-7-13(10-12(11)2)16(18)14-4-3-5-15-17(14)20-9-8-19-15/h3-7,10H,8-9H2,1-2H3. The molecule has 2 aromatic rings. The van der Waals surface area contributed by atoms with E-state index in [-0.39, 0.29) is 5.78 Å². The van der Waals surface area contributed by atoms with E-state index in [2.05, 4.69) is 0 Å². The maximum atomic E-state index is 12.6. The van der Waals surface area contributed by atoms with E-state index in [1.807, 2.05) is 44.2 Å². The van der Waals surface area contributed by atoms with Crippen LogP contribution in [0.5, 0.6) is 11.5 Å². The van der Waals surface area contributed by atoms with E-state index >= 15 is 0 Å². The highest BCUT2D eigenvalue weighted by Crippen LogP contribution is 2.34. The van der Waals surface area contributed by atoms with Gasteiger partial charge in [-0.2, -0.15) is 0 Å². The first-order chi connectivity index (χ1) is 9.66. The molecule has 0 radical (unpaired) electrons. The molecule has 0 saturated heterocycles. The third-order valence-corrected chi connectivity index (χ3v) is 3.58. The van der Waals surface area contributed by atoms with Crippen molar-refractivity contribution in [3.63, 3.8) is 0 Å². The number of ether oxygens (including phenoxy) is 2. The van der Waals surface area contributed by atoms with Gasteiger partial charge in [0.25, 0.3) is 0 Å². The second-order valence-electron chi connectivity index (χ2n) is 4.96. The molecule has 2 aromatic carbocycles. The van der Waals surface area contributed by atoms with Gasteiger partial charge < -0.3 is 9.47 Å². The van der Waals surface area contributed by atoms with Gasteiger partial charge in [0, 0.05) is 5.56 Å². The van der Waals surface area contributed by atoms with Crippen LogP contribution in [0.2, 0.25) is 0 Å². The molecule has 3 rings (SSSR count). The lowest BCUT2D eigenvalue weighted by Crippen LogP contribution is -2.18. The van der Waals surface area contributed by atoms with Gasteiger partial charge in [0.1, 0.15) is 13.2 Å². The zero-order valence-corrected chi connectivity index (χ0v) is 11.6. The molecular weight excluding hydrogens is 252 g/mol. The number of fused-ring (bicyclic) bond motifs is 1. The minimum atomic E-state index is -0.0320.